The van der Waals surface area contributed by atoms with Gasteiger partial charge in [0.2, 0.25) is 5.91 Å². The van der Waals surface area contributed by atoms with Crippen LogP contribution in [0.3, 0.4) is 0 Å². The lowest BCUT2D eigenvalue weighted by Gasteiger charge is -2.18. The maximum atomic E-state index is 12.7. The molecule has 1 atom stereocenters. The lowest BCUT2D eigenvalue weighted by atomic mass is 10.2. The van der Waals surface area contributed by atoms with Crippen molar-refractivity contribution >= 4 is 5.91 Å². The maximum Gasteiger partial charge on any atom is 0.224 e. The minimum Gasteiger partial charge on any atom is -0.341 e. The van der Waals surface area contributed by atoms with Crippen LogP contribution in [0.5, 0.6) is 0 Å². The third-order valence-corrected chi connectivity index (χ3v) is 2.26. The first-order valence-corrected chi connectivity index (χ1v) is 5.23. The number of amides is 1. The summed E-state index contributed by atoms with van der Waals surface area (Å²) in [6.45, 7) is 2.27. The van der Waals surface area contributed by atoms with Crippen molar-refractivity contribution in [2.45, 2.75) is 25.9 Å². The number of hydrogen-bond acceptors (Lipinski definition) is 2. The van der Waals surface area contributed by atoms with E-state index in [1.165, 1.54) is 12.1 Å². The Balaban J connectivity index is 2.53. The van der Waals surface area contributed by atoms with Gasteiger partial charge < -0.3 is 10.6 Å². The largest absolute Gasteiger partial charge is 0.341 e. The zero-order chi connectivity index (χ0) is 12.1. The van der Waals surface area contributed by atoms with Crippen molar-refractivity contribution in [3.63, 3.8) is 0 Å². The molecule has 1 aromatic carbocycles. The molecule has 0 aromatic heterocycles. The molecule has 1 aromatic rings. The van der Waals surface area contributed by atoms with Crippen LogP contribution in [0.4, 0.5) is 4.39 Å². The molecule has 1 rings (SSSR count). The fourth-order valence-corrected chi connectivity index (χ4v) is 1.38. The van der Waals surface area contributed by atoms with Gasteiger partial charge >= 0.3 is 0 Å². The average Bonchev–Trinajstić information content (AvgIpc) is 2.20. The van der Waals surface area contributed by atoms with E-state index in [2.05, 4.69) is 0 Å². The number of carbonyl (C=O) groups excluding carboxylic acids is 1. The Labute approximate surface area is 95.0 Å². The Morgan fingerprint density at radius 2 is 2.00 bits per heavy atom. The van der Waals surface area contributed by atoms with Gasteiger partial charge in [-0.3, -0.25) is 4.79 Å². The Hall–Kier alpha value is -1.42. The van der Waals surface area contributed by atoms with Crippen LogP contribution in [0.1, 0.15) is 18.9 Å². The third kappa shape index (κ3) is 3.98. The minimum absolute atomic E-state index is 0.000625. The van der Waals surface area contributed by atoms with Crippen LogP contribution < -0.4 is 5.73 Å². The molecule has 0 heterocycles. The van der Waals surface area contributed by atoms with Crippen LogP contribution in [0.2, 0.25) is 0 Å². The quantitative estimate of drug-likeness (QED) is 0.842. The van der Waals surface area contributed by atoms with Crippen LogP contribution in [-0.2, 0) is 11.3 Å². The van der Waals surface area contributed by atoms with Gasteiger partial charge in [-0.1, -0.05) is 12.1 Å². The molecule has 0 aliphatic rings. The molecule has 0 bridgehead atoms. The standard InChI is InChI=1S/C12H17FN2O/c1-9(14)7-12(16)15(2)8-10-3-5-11(13)6-4-10/h3-6,9H,7-8,14H2,1-2H3. The van der Waals surface area contributed by atoms with Gasteiger partial charge in [-0.15, -0.1) is 0 Å². The molecule has 88 valence electrons. The molecule has 0 spiro atoms. The van der Waals surface area contributed by atoms with Crippen molar-refractivity contribution < 1.29 is 9.18 Å². The summed E-state index contributed by atoms with van der Waals surface area (Å²) in [5, 5.41) is 0. The van der Waals surface area contributed by atoms with E-state index < -0.39 is 0 Å². The van der Waals surface area contributed by atoms with Crippen LogP contribution in [0.25, 0.3) is 0 Å². The van der Waals surface area contributed by atoms with Crippen LogP contribution in [0.15, 0.2) is 24.3 Å². The topological polar surface area (TPSA) is 46.3 Å². The molecule has 16 heavy (non-hydrogen) atoms. The molecule has 3 nitrogen and oxygen atoms in total. The molecule has 1 unspecified atom stereocenters. The van der Waals surface area contributed by atoms with Gasteiger partial charge in [0.05, 0.1) is 0 Å². The van der Waals surface area contributed by atoms with Crippen LogP contribution in [0, 0.1) is 5.82 Å². The summed E-state index contributed by atoms with van der Waals surface area (Å²) in [6.07, 6.45) is 0.331. The summed E-state index contributed by atoms with van der Waals surface area (Å²) in [7, 11) is 1.72. The fraction of sp³-hybridized carbons (Fsp3) is 0.417. The van der Waals surface area contributed by atoms with Gasteiger partial charge in [0.1, 0.15) is 5.82 Å². The molecule has 0 saturated carbocycles. The monoisotopic (exact) mass is 224 g/mol. The Kier molecular flexibility index (Phi) is 4.43. The Bertz CT molecular complexity index is 349. The van der Waals surface area contributed by atoms with Crippen molar-refractivity contribution in [3.05, 3.63) is 35.6 Å². The number of benzene rings is 1. The van der Waals surface area contributed by atoms with Crippen molar-refractivity contribution in [2.24, 2.45) is 5.73 Å². The van der Waals surface area contributed by atoms with Crippen molar-refractivity contribution in [2.75, 3.05) is 7.05 Å². The third-order valence-electron chi connectivity index (χ3n) is 2.26. The summed E-state index contributed by atoms with van der Waals surface area (Å²) in [6, 6.07) is 5.98. The number of halogens is 1. The van der Waals surface area contributed by atoms with Gasteiger partial charge in [-0.25, -0.2) is 4.39 Å². The van der Waals surface area contributed by atoms with Gasteiger partial charge in [0, 0.05) is 26.1 Å². The maximum absolute atomic E-state index is 12.7. The van der Waals surface area contributed by atoms with E-state index in [4.69, 9.17) is 5.73 Å². The number of nitrogens with zero attached hydrogens (tertiary/aromatic N) is 1. The van der Waals surface area contributed by atoms with E-state index in [9.17, 15) is 9.18 Å². The highest BCUT2D eigenvalue weighted by atomic mass is 19.1. The Morgan fingerprint density at radius 1 is 1.44 bits per heavy atom. The molecule has 2 N–H and O–H groups in total. The lowest BCUT2D eigenvalue weighted by molar-refractivity contribution is -0.130. The molecule has 0 fully saturated rings. The fourth-order valence-electron chi connectivity index (χ4n) is 1.38. The van der Waals surface area contributed by atoms with Gasteiger partial charge in [-0.05, 0) is 24.6 Å². The molecule has 1 amide bonds. The minimum atomic E-state index is -0.270. The molecule has 0 radical (unpaired) electrons. The predicted octanol–water partition coefficient (Wildman–Crippen LogP) is 1.52. The van der Waals surface area contributed by atoms with E-state index in [1.807, 2.05) is 0 Å². The molecule has 0 aliphatic carbocycles. The molecular weight excluding hydrogens is 207 g/mol. The number of rotatable bonds is 4. The summed E-state index contributed by atoms with van der Waals surface area (Å²) in [5.41, 5.74) is 6.45. The Morgan fingerprint density at radius 3 is 2.50 bits per heavy atom. The highest BCUT2D eigenvalue weighted by molar-refractivity contribution is 5.76. The summed E-state index contributed by atoms with van der Waals surface area (Å²) in [5.74, 6) is -0.271. The van der Waals surface area contributed by atoms with Crippen LogP contribution >= 0.6 is 0 Å². The molecule has 0 saturated heterocycles. The van der Waals surface area contributed by atoms with Crippen molar-refractivity contribution in [3.8, 4) is 0 Å². The first-order chi connectivity index (χ1) is 7.49. The summed E-state index contributed by atoms with van der Waals surface area (Å²) in [4.78, 5) is 13.2. The second-order valence-electron chi connectivity index (χ2n) is 4.06. The van der Waals surface area contributed by atoms with E-state index >= 15 is 0 Å². The van der Waals surface area contributed by atoms with Gasteiger partial charge in [0.15, 0.2) is 0 Å². The highest BCUT2D eigenvalue weighted by Crippen LogP contribution is 2.06. The average molecular weight is 224 g/mol. The van der Waals surface area contributed by atoms with Crippen molar-refractivity contribution in [1.29, 1.82) is 0 Å². The van der Waals surface area contributed by atoms with E-state index in [0.29, 0.717) is 13.0 Å². The summed E-state index contributed by atoms with van der Waals surface area (Å²) < 4.78 is 12.7. The van der Waals surface area contributed by atoms with E-state index in [1.54, 1.807) is 31.0 Å². The lowest BCUT2D eigenvalue weighted by Crippen LogP contribution is -2.31. The SMILES string of the molecule is CC(N)CC(=O)N(C)Cc1ccc(F)cc1. The zero-order valence-corrected chi connectivity index (χ0v) is 9.61. The molecule has 4 heteroatoms. The number of hydrogen-bond donors (Lipinski definition) is 1. The van der Waals surface area contributed by atoms with E-state index in [-0.39, 0.29) is 17.8 Å². The summed E-state index contributed by atoms with van der Waals surface area (Å²) >= 11 is 0. The molecular formula is C12H17FN2O. The van der Waals surface area contributed by atoms with Gasteiger partial charge in [-0.2, -0.15) is 0 Å². The highest BCUT2D eigenvalue weighted by Gasteiger charge is 2.10. The van der Waals surface area contributed by atoms with Crippen molar-refractivity contribution in [1.82, 2.24) is 4.90 Å². The van der Waals surface area contributed by atoms with Gasteiger partial charge in [0.25, 0.3) is 0 Å². The first kappa shape index (κ1) is 12.6. The second-order valence-corrected chi connectivity index (χ2v) is 4.06. The first-order valence-electron chi connectivity index (χ1n) is 5.23. The molecule has 0 aliphatic heterocycles. The predicted molar refractivity (Wildman–Crippen MR) is 61.1 cm³/mol. The smallest absolute Gasteiger partial charge is 0.224 e. The number of nitrogens with two attached hydrogens (primary N) is 1. The van der Waals surface area contributed by atoms with Crippen LogP contribution in [-0.4, -0.2) is 23.9 Å². The van der Waals surface area contributed by atoms with E-state index in [0.717, 1.165) is 5.56 Å². The normalized spacial score (nSPS) is 12.2. The zero-order valence-electron chi connectivity index (χ0n) is 9.61. The second kappa shape index (κ2) is 5.61. The number of carbonyl (C=O) groups is 1.